The molecule has 1 aliphatic rings. The van der Waals surface area contributed by atoms with Crippen LogP contribution in [0.1, 0.15) is 26.2 Å². The zero-order valence-electron chi connectivity index (χ0n) is 12.3. The van der Waals surface area contributed by atoms with Gasteiger partial charge in [-0.3, -0.25) is 9.69 Å². The normalized spacial score (nSPS) is 21.2. The number of hydrogen-bond donors (Lipinski definition) is 2. The molecule has 0 amide bonds. The minimum atomic E-state index is -4.13. The molecule has 3 N–H and O–H groups in total. The lowest BCUT2D eigenvalue weighted by Crippen LogP contribution is -2.49. The van der Waals surface area contributed by atoms with E-state index in [1.54, 1.807) is 0 Å². The van der Waals surface area contributed by atoms with Crippen LogP contribution in [0.15, 0.2) is 0 Å². The minimum Gasteiger partial charge on any atom is -0.480 e. The summed E-state index contributed by atoms with van der Waals surface area (Å²) in [5, 5.41) is 8.88. The number of piperazine rings is 1. The van der Waals surface area contributed by atoms with Gasteiger partial charge >= 0.3 is 12.1 Å². The van der Waals surface area contributed by atoms with Gasteiger partial charge in [0.2, 0.25) is 0 Å². The van der Waals surface area contributed by atoms with E-state index in [1.807, 2.05) is 0 Å². The maximum absolute atomic E-state index is 12.2. The average molecular weight is 311 g/mol. The van der Waals surface area contributed by atoms with Crippen molar-refractivity contribution in [1.82, 2.24) is 9.80 Å². The van der Waals surface area contributed by atoms with Crippen molar-refractivity contribution in [2.75, 3.05) is 39.3 Å². The van der Waals surface area contributed by atoms with Crippen LogP contribution in [0.5, 0.6) is 0 Å². The molecule has 21 heavy (non-hydrogen) atoms. The highest BCUT2D eigenvalue weighted by Gasteiger charge is 2.32. The molecule has 1 fully saturated rings. The fourth-order valence-electron chi connectivity index (χ4n) is 2.36. The predicted molar refractivity (Wildman–Crippen MR) is 73.0 cm³/mol. The first-order valence-electron chi connectivity index (χ1n) is 7.14. The number of halogens is 3. The van der Waals surface area contributed by atoms with E-state index in [9.17, 15) is 18.0 Å². The Kier molecular flexibility index (Phi) is 6.42. The molecule has 0 saturated carbocycles. The number of carboxylic acids is 1. The first kappa shape index (κ1) is 18.2. The first-order valence-corrected chi connectivity index (χ1v) is 7.14. The summed E-state index contributed by atoms with van der Waals surface area (Å²) >= 11 is 0. The van der Waals surface area contributed by atoms with Crippen molar-refractivity contribution < 1.29 is 23.1 Å². The quantitative estimate of drug-likeness (QED) is 0.690. The summed E-state index contributed by atoms with van der Waals surface area (Å²) in [4.78, 5) is 14.4. The third-order valence-electron chi connectivity index (χ3n) is 3.78. The fraction of sp³-hybridized carbons (Fsp3) is 0.923. The lowest BCUT2D eigenvalue weighted by molar-refractivity contribution is -0.149. The van der Waals surface area contributed by atoms with E-state index in [2.05, 4.69) is 4.90 Å². The van der Waals surface area contributed by atoms with Crippen LogP contribution in [-0.2, 0) is 4.79 Å². The highest BCUT2D eigenvalue weighted by Crippen LogP contribution is 2.18. The zero-order chi connectivity index (χ0) is 16.1. The van der Waals surface area contributed by atoms with Gasteiger partial charge in [0.15, 0.2) is 0 Å². The van der Waals surface area contributed by atoms with Crippen LogP contribution in [0, 0.1) is 0 Å². The maximum atomic E-state index is 12.2. The van der Waals surface area contributed by atoms with E-state index in [0.29, 0.717) is 39.0 Å². The molecule has 1 heterocycles. The Balaban J connectivity index is 2.15. The summed E-state index contributed by atoms with van der Waals surface area (Å²) in [6, 6.07) is 0. The standard InChI is InChI=1S/C13H24F3N3O2/c1-12(17,11(20)21)4-2-3-5-18-6-8-19(9-7-18)10-13(14,15)16/h2-10,17H2,1H3,(H,20,21). The van der Waals surface area contributed by atoms with Crippen LogP contribution in [0.25, 0.3) is 0 Å². The van der Waals surface area contributed by atoms with Crippen LogP contribution in [-0.4, -0.2) is 71.9 Å². The van der Waals surface area contributed by atoms with Gasteiger partial charge in [0.25, 0.3) is 0 Å². The molecule has 0 radical (unpaired) electrons. The van der Waals surface area contributed by atoms with E-state index in [-0.39, 0.29) is 0 Å². The monoisotopic (exact) mass is 311 g/mol. The number of unbranched alkanes of at least 4 members (excludes halogenated alkanes) is 1. The molecule has 5 nitrogen and oxygen atoms in total. The number of nitrogens with zero attached hydrogens (tertiary/aromatic N) is 2. The minimum absolute atomic E-state index is 0.399. The Morgan fingerprint density at radius 1 is 1.14 bits per heavy atom. The second-order valence-electron chi connectivity index (χ2n) is 5.91. The van der Waals surface area contributed by atoms with E-state index in [1.165, 1.54) is 11.8 Å². The Morgan fingerprint density at radius 3 is 2.14 bits per heavy atom. The Labute approximate surface area is 122 Å². The van der Waals surface area contributed by atoms with Gasteiger partial charge in [0, 0.05) is 26.2 Å². The molecule has 0 aromatic heterocycles. The van der Waals surface area contributed by atoms with Crippen molar-refractivity contribution in [2.24, 2.45) is 5.73 Å². The number of hydrogen-bond acceptors (Lipinski definition) is 4. The van der Waals surface area contributed by atoms with Crippen molar-refractivity contribution in [2.45, 2.75) is 37.9 Å². The van der Waals surface area contributed by atoms with E-state index in [0.717, 1.165) is 13.0 Å². The summed E-state index contributed by atoms with van der Waals surface area (Å²) < 4.78 is 36.7. The molecule has 1 saturated heterocycles. The van der Waals surface area contributed by atoms with E-state index in [4.69, 9.17) is 10.8 Å². The highest BCUT2D eigenvalue weighted by atomic mass is 19.4. The summed E-state index contributed by atoms with van der Waals surface area (Å²) in [7, 11) is 0. The number of aliphatic carboxylic acids is 1. The number of carbonyl (C=O) groups is 1. The largest absolute Gasteiger partial charge is 0.480 e. The van der Waals surface area contributed by atoms with E-state index < -0.39 is 24.2 Å². The number of rotatable bonds is 7. The molecule has 8 heteroatoms. The van der Waals surface area contributed by atoms with Gasteiger partial charge in [0.05, 0.1) is 6.54 Å². The molecule has 1 rings (SSSR count). The first-order chi connectivity index (χ1) is 9.60. The van der Waals surface area contributed by atoms with Gasteiger partial charge in [-0.15, -0.1) is 0 Å². The lowest BCUT2D eigenvalue weighted by atomic mass is 9.96. The third kappa shape index (κ3) is 7.10. The van der Waals surface area contributed by atoms with Crippen molar-refractivity contribution >= 4 is 5.97 Å². The zero-order valence-corrected chi connectivity index (χ0v) is 12.3. The van der Waals surface area contributed by atoms with Crippen molar-refractivity contribution in [3.8, 4) is 0 Å². The summed E-state index contributed by atoms with van der Waals surface area (Å²) in [5.74, 6) is -1.01. The van der Waals surface area contributed by atoms with Crippen LogP contribution >= 0.6 is 0 Å². The van der Waals surface area contributed by atoms with Gasteiger partial charge in [-0.05, 0) is 32.7 Å². The second-order valence-corrected chi connectivity index (χ2v) is 5.91. The number of carboxylic acid groups (broad SMARTS) is 1. The molecule has 1 aliphatic heterocycles. The van der Waals surface area contributed by atoms with Gasteiger partial charge in [0.1, 0.15) is 5.54 Å². The number of alkyl halides is 3. The third-order valence-corrected chi connectivity index (χ3v) is 3.78. The Morgan fingerprint density at radius 2 is 1.67 bits per heavy atom. The topological polar surface area (TPSA) is 69.8 Å². The SMILES string of the molecule is CC(N)(CCCCN1CCN(CC(F)(F)F)CC1)C(=O)O. The average Bonchev–Trinajstić information content (AvgIpc) is 2.34. The molecule has 0 bridgehead atoms. The summed E-state index contributed by atoms with van der Waals surface area (Å²) in [6.07, 6.45) is -2.23. The van der Waals surface area contributed by atoms with Gasteiger partial charge < -0.3 is 15.7 Å². The molecular weight excluding hydrogens is 287 g/mol. The second kappa shape index (κ2) is 7.42. The van der Waals surface area contributed by atoms with Gasteiger partial charge in [-0.1, -0.05) is 0 Å². The summed E-state index contributed by atoms with van der Waals surface area (Å²) in [6.45, 7) is 3.50. The van der Waals surface area contributed by atoms with Gasteiger partial charge in [-0.2, -0.15) is 13.2 Å². The molecule has 124 valence electrons. The maximum Gasteiger partial charge on any atom is 0.401 e. The summed E-state index contributed by atoms with van der Waals surface area (Å²) in [5.41, 5.74) is 4.43. The fourth-order valence-corrected chi connectivity index (χ4v) is 2.36. The smallest absolute Gasteiger partial charge is 0.401 e. The van der Waals surface area contributed by atoms with Gasteiger partial charge in [-0.25, -0.2) is 0 Å². The number of nitrogens with two attached hydrogens (primary N) is 1. The molecule has 0 aliphatic carbocycles. The Bertz CT molecular complexity index is 340. The Hall–Kier alpha value is -0.860. The molecule has 0 spiro atoms. The van der Waals surface area contributed by atoms with Crippen LogP contribution in [0.3, 0.4) is 0 Å². The van der Waals surface area contributed by atoms with Crippen LogP contribution < -0.4 is 5.73 Å². The van der Waals surface area contributed by atoms with Crippen molar-refractivity contribution in [1.29, 1.82) is 0 Å². The van der Waals surface area contributed by atoms with E-state index >= 15 is 0 Å². The molecule has 0 aromatic rings. The van der Waals surface area contributed by atoms with Crippen molar-refractivity contribution in [3.63, 3.8) is 0 Å². The molecular formula is C13H24F3N3O2. The molecule has 1 unspecified atom stereocenters. The highest BCUT2D eigenvalue weighted by molar-refractivity contribution is 5.77. The predicted octanol–water partition coefficient (Wildman–Crippen LogP) is 1.14. The lowest BCUT2D eigenvalue weighted by Gasteiger charge is -2.35. The van der Waals surface area contributed by atoms with Crippen LogP contribution in [0.4, 0.5) is 13.2 Å². The molecule has 0 aromatic carbocycles. The van der Waals surface area contributed by atoms with Crippen molar-refractivity contribution in [3.05, 3.63) is 0 Å². The molecule has 1 atom stereocenters. The van der Waals surface area contributed by atoms with Crippen LogP contribution in [0.2, 0.25) is 0 Å².